The van der Waals surface area contributed by atoms with Gasteiger partial charge in [-0.15, -0.1) is 0 Å². The van der Waals surface area contributed by atoms with Crippen molar-refractivity contribution in [3.05, 3.63) is 0 Å². The van der Waals surface area contributed by atoms with Crippen LogP contribution in [0.4, 0.5) is 0 Å². The summed E-state index contributed by atoms with van der Waals surface area (Å²) in [6, 6.07) is 0. The average molecular weight is 260 g/mol. The Kier molecular flexibility index (Phi) is 13.2. The molecule has 0 aliphatic carbocycles. The summed E-state index contributed by atoms with van der Waals surface area (Å²) < 4.78 is 10.8. The minimum absolute atomic E-state index is 0.581. The molecule has 0 fully saturated rings. The minimum Gasteiger partial charge on any atom is -0.379 e. The van der Waals surface area contributed by atoms with Gasteiger partial charge < -0.3 is 20.9 Å². The summed E-state index contributed by atoms with van der Waals surface area (Å²) in [6.45, 7) is 8.78. The van der Waals surface area contributed by atoms with Gasteiger partial charge in [0, 0.05) is 13.2 Å². The van der Waals surface area contributed by atoms with Crippen LogP contribution in [0.15, 0.2) is 0 Å². The number of hydrogen-bond donors (Lipinski definition) is 2. The highest BCUT2D eigenvalue weighted by Crippen LogP contribution is 2.18. The van der Waals surface area contributed by atoms with Gasteiger partial charge in [-0.1, -0.05) is 13.8 Å². The van der Waals surface area contributed by atoms with Crippen LogP contribution in [0.25, 0.3) is 0 Å². The monoisotopic (exact) mass is 260 g/mol. The Morgan fingerprint density at radius 2 is 1.39 bits per heavy atom. The molecular weight excluding hydrogens is 228 g/mol. The molecule has 0 saturated heterocycles. The van der Waals surface area contributed by atoms with Crippen LogP contribution >= 0.6 is 0 Å². The van der Waals surface area contributed by atoms with Gasteiger partial charge in [-0.3, -0.25) is 0 Å². The maximum atomic E-state index is 5.53. The third-order valence-corrected chi connectivity index (χ3v) is 3.09. The summed E-state index contributed by atoms with van der Waals surface area (Å²) in [5.74, 6) is 1.50. The van der Waals surface area contributed by atoms with Crippen LogP contribution in [0, 0.1) is 11.8 Å². The lowest BCUT2D eigenvalue weighted by atomic mass is 9.92. The van der Waals surface area contributed by atoms with Crippen molar-refractivity contribution in [2.24, 2.45) is 23.3 Å². The molecule has 2 unspecified atom stereocenters. The summed E-state index contributed by atoms with van der Waals surface area (Å²) in [4.78, 5) is 0. The summed E-state index contributed by atoms with van der Waals surface area (Å²) in [7, 11) is 0. The molecule has 2 atom stereocenters. The van der Waals surface area contributed by atoms with Gasteiger partial charge in [-0.2, -0.15) is 0 Å². The Morgan fingerprint density at radius 1 is 0.778 bits per heavy atom. The molecular formula is C14H32N2O2. The molecule has 4 nitrogen and oxygen atoms in total. The Morgan fingerprint density at radius 3 is 2.00 bits per heavy atom. The predicted molar refractivity (Wildman–Crippen MR) is 76.5 cm³/mol. The first kappa shape index (κ1) is 17.8. The van der Waals surface area contributed by atoms with Crippen molar-refractivity contribution >= 4 is 0 Å². The van der Waals surface area contributed by atoms with Crippen molar-refractivity contribution in [2.75, 3.05) is 39.5 Å². The van der Waals surface area contributed by atoms with Gasteiger partial charge in [-0.25, -0.2) is 0 Å². The fourth-order valence-electron chi connectivity index (χ4n) is 2.08. The van der Waals surface area contributed by atoms with E-state index in [9.17, 15) is 0 Å². The molecule has 0 aromatic heterocycles. The van der Waals surface area contributed by atoms with Crippen molar-refractivity contribution < 1.29 is 9.47 Å². The lowest BCUT2D eigenvalue weighted by Crippen LogP contribution is -2.13. The van der Waals surface area contributed by atoms with Gasteiger partial charge in [0.15, 0.2) is 0 Å². The zero-order valence-electron chi connectivity index (χ0n) is 12.2. The normalized spacial score (nSPS) is 14.7. The molecule has 0 spiro atoms. The van der Waals surface area contributed by atoms with Crippen molar-refractivity contribution in [1.29, 1.82) is 0 Å². The molecule has 0 bridgehead atoms. The lowest BCUT2D eigenvalue weighted by Gasteiger charge is -2.17. The molecule has 110 valence electrons. The van der Waals surface area contributed by atoms with Crippen molar-refractivity contribution in [1.82, 2.24) is 0 Å². The highest BCUT2D eigenvalue weighted by molar-refractivity contribution is 4.60. The van der Waals surface area contributed by atoms with Crippen LogP contribution in [0.3, 0.4) is 0 Å². The van der Waals surface area contributed by atoms with Crippen LogP contribution in [0.5, 0.6) is 0 Å². The summed E-state index contributed by atoms with van der Waals surface area (Å²) in [5.41, 5.74) is 10.8. The molecule has 0 aliphatic heterocycles. The Labute approximate surface area is 112 Å². The summed E-state index contributed by atoms with van der Waals surface area (Å²) in [6.07, 6.45) is 4.79. The van der Waals surface area contributed by atoms with Gasteiger partial charge in [0.05, 0.1) is 19.8 Å². The summed E-state index contributed by atoms with van der Waals surface area (Å²) >= 11 is 0. The maximum absolute atomic E-state index is 5.53. The number of rotatable bonds is 13. The molecule has 4 heteroatoms. The van der Waals surface area contributed by atoms with E-state index in [-0.39, 0.29) is 0 Å². The van der Waals surface area contributed by atoms with Crippen LogP contribution in [0.1, 0.15) is 39.5 Å². The third kappa shape index (κ3) is 12.3. The quantitative estimate of drug-likeness (QED) is 0.495. The molecule has 4 N–H and O–H groups in total. The fourth-order valence-corrected chi connectivity index (χ4v) is 2.08. The third-order valence-electron chi connectivity index (χ3n) is 3.09. The molecule has 0 aromatic carbocycles. The SMILES string of the molecule is CC(CCCN)CC(C)CCOCCOCCN. The molecule has 18 heavy (non-hydrogen) atoms. The van der Waals surface area contributed by atoms with Crippen LogP contribution in [0.2, 0.25) is 0 Å². The van der Waals surface area contributed by atoms with Crippen molar-refractivity contribution in [3.63, 3.8) is 0 Å². The van der Waals surface area contributed by atoms with Crippen LogP contribution in [-0.4, -0.2) is 39.5 Å². The smallest absolute Gasteiger partial charge is 0.0701 e. The highest BCUT2D eigenvalue weighted by Gasteiger charge is 2.08. The van der Waals surface area contributed by atoms with Crippen molar-refractivity contribution in [3.8, 4) is 0 Å². The summed E-state index contributed by atoms with van der Waals surface area (Å²) in [5, 5.41) is 0. The van der Waals surface area contributed by atoms with Crippen LogP contribution in [-0.2, 0) is 9.47 Å². The van der Waals surface area contributed by atoms with E-state index in [0.29, 0.717) is 26.4 Å². The topological polar surface area (TPSA) is 70.5 Å². The van der Waals surface area contributed by atoms with Gasteiger partial charge >= 0.3 is 0 Å². The maximum Gasteiger partial charge on any atom is 0.0701 e. The van der Waals surface area contributed by atoms with Gasteiger partial charge in [0.1, 0.15) is 0 Å². The largest absolute Gasteiger partial charge is 0.379 e. The minimum atomic E-state index is 0.581. The second-order valence-electron chi connectivity index (χ2n) is 5.18. The first-order chi connectivity index (χ1) is 8.70. The molecule has 0 aromatic rings. The number of hydrogen-bond acceptors (Lipinski definition) is 4. The van der Waals surface area contributed by atoms with Gasteiger partial charge in [-0.05, 0) is 44.1 Å². The second kappa shape index (κ2) is 13.3. The Balaban J connectivity index is 3.28. The Hall–Kier alpha value is -0.160. The zero-order chi connectivity index (χ0) is 13.6. The predicted octanol–water partition coefficient (Wildman–Crippen LogP) is 1.77. The number of nitrogens with two attached hydrogens (primary N) is 2. The number of ether oxygens (including phenoxy) is 2. The lowest BCUT2D eigenvalue weighted by molar-refractivity contribution is 0.0453. The average Bonchev–Trinajstić information content (AvgIpc) is 2.35. The molecule has 0 amide bonds. The standard InChI is InChI=1S/C14H32N2O2/c1-13(4-3-6-15)12-14(2)5-8-17-10-11-18-9-7-16/h13-14H,3-12,15-16H2,1-2H3. The molecule has 0 rings (SSSR count). The first-order valence-electron chi connectivity index (χ1n) is 7.26. The highest BCUT2D eigenvalue weighted by atomic mass is 16.5. The van der Waals surface area contributed by atoms with E-state index in [1.165, 1.54) is 12.8 Å². The van der Waals surface area contributed by atoms with E-state index in [4.69, 9.17) is 20.9 Å². The first-order valence-corrected chi connectivity index (χ1v) is 7.26. The van der Waals surface area contributed by atoms with E-state index < -0.39 is 0 Å². The Bertz CT molecular complexity index is 168. The molecule has 0 radical (unpaired) electrons. The van der Waals surface area contributed by atoms with E-state index in [2.05, 4.69) is 13.8 Å². The van der Waals surface area contributed by atoms with E-state index in [1.54, 1.807) is 0 Å². The van der Waals surface area contributed by atoms with E-state index in [1.807, 2.05) is 0 Å². The molecule has 0 saturated carbocycles. The fraction of sp³-hybridized carbons (Fsp3) is 1.00. The van der Waals surface area contributed by atoms with Crippen molar-refractivity contribution in [2.45, 2.75) is 39.5 Å². The molecule has 0 heterocycles. The van der Waals surface area contributed by atoms with E-state index in [0.717, 1.165) is 37.8 Å². The molecule has 0 aliphatic rings. The van der Waals surface area contributed by atoms with Gasteiger partial charge in [0.2, 0.25) is 0 Å². The second-order valence-corrected chi connectivity index (χ2v) is 5.18. The van der Waals surface area contributed by atoms with E-state index >= 15 is 0 Å². The van der Waals surface area contributed by atoms with Gasteiger partial charge in [0.25, 0.3) is 0 Å². The zero-order valence-corrected chi connectivity index (χ0v) is 12.2. The van der Waals surface area contributed by atoms with Crippen LogP contribution < -0.4 is 11.5 Å².